The lowest BCUT2D eigenvalue weighted by Gasteiger charge is -2.10. The van der Waals surface area contributed by atoms with E-state index in [1.807, 2.05) is 12.1 Å². The zero-order valence-electron chi connectivity index (χ0n) is 8.18. The summed E-state index contributed by atoms with van der Waals surface area (Å²) in [6.45, 7) is 0.615. The fraction of sp³-hybridized carbons (Fsp3) is 0.333. The van der Waals surface area contributed by atoms with Gasteiger partial charge in [-0.3, -0.25) is 0 Å². The van der Waals surface area contributed by atoms with Crippen molar-refractivity contribution in [3.8, 4) is 11.5 Å². The first-order chi connectivity index (χ1) is 7.29. The van der Waals surface area contributed by atoms with Crippen LogP contribution in [-0.2, 0) is 0 Å². The van der Waals surface area contributed by atoms with Crippen molar-refractivity contribution in [1.82, 2.24) is 0 Å². The molecule has 0 N–H and O–H groups in total. The quantitative estimate of drug-likeness (QED) is 0.357. The fourth-order valence-corrected chi connectivity index (χ4v) is 1.49. The Hall–Kier alpha value is -1.39. The highest BCUT2D eigenvalue weighted by molar-refractivity contribution is 9.10. The largest absolute Gasteiger partial charge is 0.493 e. The Bertz CT molecular complexity index is 378. The molecule has 0 fully saturated rings. The summed E-state index contributed by atoms with van der Waals surface area (Å²) in [6.07, 6.45) is 0. The van der Waals surface area contributed by atoms with Crippen LogP contribution in [0.2, 0.25) is 0 Å². The van der Waals surface area contributed by atoms with Gasteiger partial charge in [0.1, 0.15) is 0 Å². The molecule has 0 heterocycles. The van der Waals surface area contributed by atoms with E-state index in [9.17, 15) is 0 Å². The van der Waals surface area contributed by atoms with Gasteiger partial charge in [0.15, 0.2) is 11.5 Å². The summed E-state index contributed by atoms with van der Waals surface area (Å²) in [4.78, 5) is 2.63. The van der Waals surface area contributed by atoms with Crippen molar-refractivity contribution < 1.29 is 9.47 Å². The van der Waals surface area contributed by atoms with Crippen LogP contribution in [0.5, 0.6) is 11.5 Å². The molecule has 1 aromatic carbocycles. The number of methoxy groups -OCH3 is 1. The normalized spacial score (nSPS) is 9.20. The van der Waals surface area contributed by atoms with E-state index in [0.29, 0.717) is 24.7 Å². The van der Waals surface area contributed by atoms with E-state index >= 15 is 0 Å². The standard InChI is InChI=1S/C9H10BrN3O2/c1-14-8-4-2-3-7(10)9(8)15-6-5-12-13-11/h2-4H,5-6H2,1H3. The van der Waals surface area contributed by atoms with Gasteiger partial charge in [-0.15, -0.1) is 0 Å². The molecule has 0 spiro atoms. The number of hydrogen-bond donors (Lipinski definition) is 0. The van der Waals surface area contributed by atoms with Gasteiger partial charge in [-0.05, 0) is 33.6 Å². The average molecular weight is 272 g/mol. The Kier molecular flexibility index (Phi) is 4.80. The highest BCUT2D eigenvalue weighted by Crippen LogP contribution is 2.34. The number of halogens is 1. The zero-order valence-corrected chi connectivity index (χ0v) is 9.77. The second kappa shape index (κ2) is 6.16. The summed E-state index contributed by atoms with van der Waals surface area (Å²) in [5.41, 5.74) is 8.09. The van der Waals surface area contributed by atoms with Gasteiger partial charge in [-0.1, -0.05) is 11.2 Å². The van der Waals surface area contributed by atoms with Crippen molar-refractivity contribution in [3.05, 3.63) is 33.1 Å². The minimum absolute atomic E-state index is 0.293. The molecule has 0 aliphatic carbocycles. The maximum absolute atomic E-state index is 8.09. The molecule has 0 aliphatic heterocycles. The first-order valence-electron chi connectivity index (χ1n) is 4.25. The van der Waals surface area contributed by atoms with E-state index in [-0.39, 0.29) is 0 Å². The Morgan fingerprint density at radius 1 is 1.53 bits per heavy atom. The number of rotatable bonds is 5. The number of hydrogen-bond acceptors (Lipinski definition) is 3. The zero-order chi connectivity index (χ0) is 11.1. The molecule has 0 saturated heterocycles. The Balaban J connectivity index is 2.69. The van der Waals surface area contributed by atoms with Crippen LogP contribution < -0.4 is 9.47 Å². The molecule has 0 aromatic heterocycles. The van der Waals surface area contributed by atoms with E-state index in [1.165, 1.54) is 0 Å². The topological polar surface area (TPSA) is 67.2 Å². The maximum atomic E-state index is 8.09. The van der Waals surface area contributed by atoms with Crippen LogP contribution in [-0.4, -0.2) is 20.3 Å². The molecular weight excluding hydrogens is 262 g/mol. The third-order valence-electron chi connectivity index (χ3n) is 1.65. The van der Waals surface area contributed by atoms with Crippen LogP contribution in [0.15, 0.2) is 27.8 Å². The third kappa shape index (κ3) is 3.34. The minimum Gasteiger partial charge on any atom is -0.493 e. The Morgan fingerprint density at radius 2 is 2.33 bits per heavy atom. The van der Waals surface area contributed by atoms with E-state index in [4.69, 9.17) is 15.0 Å². The maximum Gasteiger partial charge on any atom is 0.175 e. The molecule has 1 rings (SSSR count). The molecule has 6 heteroatoms. The molecule has 15 heavy (non-hydrogen) atoms. The van der Waals surface area contributed by atoms with Crippen LogP contribution in [0.4, 0.5) is 0 Å². The highest BCUT2D eigenvalue weighted by Gasteiger charge is 2.07. The van der Waals surface area contributed by atoms with Gasteiger partial charge in [0.25, 0.3) is 0 Å². The smallest absolute Gasteiger partial charge is 0.175 e. The predicted molar refractivity (Wildman–Crippen MR) is 60.2 cm³/mol. The van der Waals surface area contributed by atoms with Crippen molar-refractivity contribution in [2.45, 2.75) is 0 Å². The first-order valence-corrected chi connectivity index (χ1v) is 5.05. The van der Waals surface area contributed by atoms with Crippen molar-refractivity contribution >= 4 is 15.9 Å². The number of nitrogens with zero attached hydrogens (tertiary/aromatic N) is 3. The lowest BCUT2D eigenvalue weighted by atomic mass is 10.3. The van der Waals surface area contributed by atoms with Gasteiger partial charge in [0, 0.05) is 4.91 Å². The van der Waals surface area contributed by atoms with Crippen LogP contribution in [0.25, 0.3) is 10.4 Å². The van der Waals surface area contributed by atoms with Gasteiger partial charge >= 0.3 is 0 Å². The van der Waals surface area contributed by atoms with Gasteiger partial charge in [0.05, 0.1) is 24.7 Å². The summed E-state index contributed by atoms with van der Waals surface area (Å²) < 4.78 is 11.4. The first kappa shape index (κ1) is 11.7. The van der Waals surface area contributed by atoms with E-state index in [1.54, 1.807) is 13.2 Å². The highest BCUT2D eigenvalue weighted by atomic mass is 79.9. The number of ether oxygens (including phenoxy) is 2. The Morgan fingerprint density at radius 3 is 3.00 bits per heavy atom. The van der Waals surface area contributed by atoms with Crippen LogP contribution in [0.3, 0.4) is 0 Å². The molecule has 0 bridgehead atoms. The molecular formula is C9H10BrN3O2. The number of para-hydroxylation sites is 1. The summed E-state index contributed by atoms with van der Waals surface area (Å²) in [5.74, 6) is 1.26. The Labute approximate surface area is 95.8 Å². The van der Waals surface area contributed by atoms with Crippen molar-refractivity contribution in [2.75, 3.05) is 20.3 Å². The molecule has 0 aliphatic rings. The lowest BCUT2D eigenvalue weighted by molar-refractivity contribution is 0.300. The van der Waals surface area contributed by atoms with Crippen molar-refractivity contribution in [1.29, 1.82) is 0 Å². The average Bonchev–Trinajstić information content (AvgIpc) is 2.26. The molecule has 0 amide bonds. The monoisotopic (exact) mass is 271 g/mol. The van der Waals surface area contributed by atoms with E-state index in [0.717, 1.165) is 4.47 Å². The SMILES string of the molecule is COc1cccc(Br)c1OCCN=[N+]=[N-]. The molecule has 0 radical (unpaired) electrons. The minimum atomic E-state index is 0.293. The predicted octanol–water partition coefficient (Wildman–Crippen LogP) is 3.15. The summed E-state index contributed by atoms with van der Waals surface area (Å²) in [5, 5.41) is 3.37. The van der Waals surface area contributed by atoms with Crippen LogP contribution >= 0.6 is 15.9 Å². The van der Waals surface area contributed by atoms with Crippen molar-refractivity contribution in [2.24, 2.45) is 5.11 Å². The summed E-state index contributed by atoms with van der Waals surface area (Å²) in [6, 6.07) is 5.50. The van der Waals surface area contributed by atoms with Gasteiger partial charge in [-0.2, -0.15) is 0 Å². The molecule has 0 atom stereocenters. The van der Waals surface area contributed by atoms with E-state index in [2.05, 4.69) is 26.0 Å². The van der Waals surface area contributed by atoms with Crippen LogP contribution in [0.1, 0.15) is 0 Å². The molecule has 1 aromatic rings. The third-order valence-corrected chi connectivity index (χ3v) is 2.28. The van der Waals surface area contributed by atoms with Gasteiger partial charge < -0.3 is 9.47 Å². The second-order valence-corrected chi connectivity index (χ2v) is 3.43. The van der Waals surface area contributed by atoms with Gasteiger partial charge in [0.2, 0.25) is 0 Å². The molecule has 5 nitrogen and oxygen atoms in total. The van der Waals surface area contributed by atoms with Crippen LogP contribution in [0, 0.1) is 0 Å². The summed E-state index contributed by atoms with van der Waals surface area (Å²) in [7, 11) is 1.57. The van der Waals surface area contributed by atoms with Gasteiger partial charge in [-0.25, -0.2) is 0 Å². The molecule has 0 unspecified atom stereocenters. The number of azide groups is 1. The lowest BCUT2D eigenvalue weighted by Crippen LogP contribution is -2.02. The summed E-state index contributed by atoms with van der Waals surface area (Å²) >= 11 is 3.35. The fourth-order valence-electron chi connectivity index (χ4n) is 1.02. The second-order valence-electron chi connectivity index (χ2n) is 2.57. The number of benzene rings is 1. The van der Waals surface area contributed by atoms with Crippen molar-refractivity contribution in [3.63, 3.8) is 0 Å². The van der Waals surface area contributed by atoms with E-state index < -0.39 is 0 Å². The molecule has 0 saturated carbocycles. The molecule has 80 valence electrons.